The van der Waals surface area contributed by atoms with Gasteiger partial charge in [0.05, 0.1) is 6.26 Å². The smallest absolute Gasteiger partial charge is 0.321 e. The summed E-state index contributed by atoms with van der Waals surface area (Å²) >= 11 is 0. The minimum absolute atomic E-state index is 0.0655. The van der Waals surface area contributed by atoms with Gasteiger partial charge in [-0.2, -0.15) is 0 Å². The predicted molar refractivity (Wildman–Crippen MR) is 92.2 cm³/mol. The second-order valence-electron chi connectivity index (χ2n) is 5.84. The molecule has 0 bridgehead atoms. The number of hydrogen-bond donors (Lipinski definition) is 2. The lowest BCUT2D eigenvalue weighted by molar-refractivity contribution is 0.0996. The van der Waals surface area contributed by atoms with Crippen LogP contribution in [0.1, 0.15) is 36.2 Å². The molecular weight excluding hydrogens is 306 g/mol. The lowest BCUT2D eigenvalue weighted by Gasteiger charge is -2.20. The van der Waals surface area contributed by atoms with Crippen LogP contribution in [-0.4, -0.2) is 29.9 Å². The van der Waals surface area contributed by atoms with Crippen molar-refractivity contribution in [3.8, 4) is 0 Å². The zero-order valence-electron chi connectivity index (χ0n) is 13.5. The van der Waals surface area contributed by atoms with E-state index in [2.05, 4.69) is 10.6 Å². The molecule has 2 N–H and O–H groups in total. The lowest BCUT2D eigenvalue weighted by Crippen LogP contribution is -2.35. The van der Waals surface area contributed by atoms with Gasteiger partial charge >= 0.3 is 6.03 Å². The third kappa shape index (κ3) is 4.16. The molecule has 1 aromatic carbocycles. The van der Waals surface area contributed by atoms with Gasteiger partial charge in [-0.15, -0.1) is 0 Å². The Hall–Kier alpha value is -2.76. The fourth-order valence-electron chi connectivity index (χ4n) is 2.71. The molecule has 1 aromatic heterocycles. The van der Waals surface area contributed by atoms with Crippen LogP contribution >= 0.6 is 0 Å². The summed E-state index contributed by atoms with van der Waals surface area (Å²) in [6.45, 7) is 1.62. The summed E-state index contributed by atoms with van der Waals surface area (Å²) in [6.07, 6.45) is 5.95. The topological polar surface area (TPSA) is 74.6 Å². The van der Waals surface area contributed by atoms with Gasteiger partial charge in [-0.1, -0.05) is 12.8 Å². The molecule has 24 heavy (non-hydrogen) atoms. The molecule has 0 atom stereocenters. The van der Waals surface area contributed by atoms with E-state index in [0.717, 1.165) is 25.9 Å². The van der Waals surface area contributed by atoms with E-state index in [1.54, 1.807) is 36.4 Å². The Balaban J connectivity index is 1.56. The van der Waals surface area contributed by atoms with Crippen molar-refractivity contribution in [2.24, 2.45) is 0 Å². The first kappa shape index (κ1) is 16.1. The van der Waals surface area contributed by atoms with Gasteiger partial charge in [0, 0.05) is 24.5 Å². The summed E-state index contributed by atoms with van der Waals surface area (Å²) < 4.78 is 5.05. The maximum Gasteiger partial charge on any atom is 0.321 e. The number of nitrogens with one attached hydrogen (secondary N) is 2. The number of nitrogens with zero attached hydrogens (tertiary/aromatic N) is 1. The van der Waals surface area contributed by atoms with Gasteiger partial charge in [0.15, 0.2) is 5.76 Å². The fraction of sp³-hybridized carbons (Fsp3) is 0.333. The standard InChI is InChI=1S/C18H21N3O3/c22-17(16-6-5-13-24-16)19-14-7-9-15(10-8-14)20-18(23)21-11-3-1-2-4-12-21/h5-10,13H,1-4,11-12H2,(H,19,22)(H,20,23). The van der Waals surface area contributed by atoms with E-state index in [4.69, 9.17) is 4.42 Å². The Kier molecular flexibility index (Phi) is 5.15. The second kappa shape index (κ2) is 7.68. The molecule has 0 aliphatic carbocycles. The van der Waals surface area contributed by atoms with Gasteiger partial charge in [-0.05, 0) is 49.2 Å². The Morgan fingerprint density at radius 1 is 0.875 bits per heavy atom. The SMILES string of the molecule is O=C(Nc1ccc(NC(=O)N2CCCCCC2)cc1)c1ccco1. The third-order valence-corrected chi connectivity index (χ3v) is 4.03. The fourth-order valence-corrected chi connectivity index (χ4v) is 2.71. The van der Waals surface area contributed by atoms with Crippen LogP contribution in [0.4, 0.5) is 16.2 Å². The number of carbonyl (C=O) groups is 2. The molecular formula is C18H21N3O3. The van der Waals surface area contributed by atoms with Crippen LogP contribution < -0.4 is 10.6 Å². The van der Waals surface area contributed by atoms with E-state index < -0.39 is 0 Å². The lowest BCUT2D eigenvalue weighted by atomic mass is 10.2. The summed E-state index contributed by atoms with van der Waals surface area (Å²) in [5.74, 6) is -0.0464. The van der Waals surface area contributed by atoms with Crippen LogP contribution in [0.5, 0.6) is 0 Å². The Bertz CT molecular complexity index is 672. The average molecular weight is 327 g/mol. The van der Waals surface area contributed by atoms with Crippen LogP contribution in [-0.2, 0) is 0 Å². The van der Waals surface area contributed by atoms with Crippen LogP contribution in [0.2, 0.25) is 0 Å². The van der Waals surface area contributed by atoms with E-state index in [1.807, 2.05) is 4.90 Å². The maximum absolute atomic E-state index is 12.3. The molecule has 126 valence electrons. The highest BCUT2D eigenvalue weighted by Crippen LogP contribution is 2.16. The number of hydrogen-bond acceptors (Lipinski definition) is 3. The Labute approximate surface area is 140 Å². The number of amides is 3. The molecule has 1 saturated heterocycles. The molecule has 2 heterocycles. The van der Waals surface area contributed by atoms with Crippen LogP contribution in [0, 0.1) is 0 Å². The molecule has 1 aliphatic rings. The van der Waals surface area contributed by atoms with E-state index in [0.29, 0.717) is 11.4 Å². The molecule has 2 aromatic rings. The highest BCUT2D eigenvalue weighted by atomic mass is 16.3. The van der Waals surface area contributed by atoms with Crippen molar-refractivity contribution in [2.45, 2.75) is 25.7 Å². The summed E-state index contributed by atoms with van der Waals surface area (Å²) in [7, 11) is 0. The summed E-state index contributed by atoms with van der Waals surface area (Å²) in [5, 5.41) is 5.64. The first-order chi connectivity index (χ1) is 11.7. The van der Waals surface area contributed by atoms with Gasteiger partial charge < -0.3 is 20.0 Å². The van der Waals surface area contributed by atoms with E-state index in [9.17, 15) is 9.59 Å². The highest BCUT2D eigenvalue weighted by Gasteiger charge is 2.15. The quantitative estimate of drug-likeness (QED) is 0.896. The van der Waals surface area contributed by atoms with Gasteiger partial charge in [-0.3, -0.25) is 4.79 Å². The maximum atomic E-state index is 12.3. The molecule has 0 radical (unpaired) electrons. The van der Waals surface area contributed by atoms with Crippen molar-refractivity contribution in [3.05, 3.63) is 48.4 Å². The minimum Gasteiger partial charge on any atom is -0.459 e. The first-order valence-electron chi connectivity index (χ1n) is 8.23. The van der Waals surface area contributed by atoms with E-state index in [-0.39, 0.29) is 17.7 Å². The summed E-state index contributed by atoms with van der Waals surface area (Å²) in [6, 6.07) is 10.2. The highest BCUT2D eigenvalue weighted by molar-refractivity contribution is 6.02. The van der Waals surface area contributed by atoms with E-state index >= 15 is 0 Å². The van der Waals surface area contributed by atoms with Crippen molar-refractivity contribution in [3.63, 3.8) is 0 Å². The van der Waals surface area contributed by atoms with Crippen molar-refractivity contribution in [1.29, 1.82) is 0 Å². The van der Waals surface area contributed by atoms with Crippen LogP contribution in [0.3, 0.4) is 0 Å². The Morgan fingerprint density at radius 2 is 1.50 bits per heavy atom. The number of furan rings is 1. The molecule has 6 heteroatoms. The van der Waals surface area contributed by atoms with Crippen LogP contribution in [0.15, 0.2) is 47.1 Å². The third-order valence-electron chi connectivity index (χ3n) is 4.03. The minimum atomic E-state index is -0.304. The molecule has 0 saturated carbocycles. The Morgan fingerprint density at radius 3 is 2.08 bits per heavy atom. The molecule has 3 amide bonds. The van der Waals surface area contributed by atoms with Gasteiger partial charge in [0.2, 0.25) is 0 Å². The number of benzene rings is 1. The van der Waals surface area contributed by atoms with Crippen molar-refractivity contribution < 1.29 is 14.0 Å². The molecule has 1 fully saturated rings. The molecule has 3 rings (SSSR count). The molecule has 0 spiro atoms. The number of anilines is 2. The summed E-state index contributed by atoms with van der Waals surface area (Å²) in [5.41, 5.74) is 1.35. The molecule has 6 nitrogen and oxygen atoms in total. The van der Waals surface area contributed by atoms with Crippen molar-refractivity contribution >= 4 is 23.3 Å². The first-order valence-corrected chi connectivity index (χ1v) is 8.23. The zero-order valence-corrected chi connectivity index (χ0v) is 13.5. The molecule has 0 unspecified atom stereocenters. The zero-order chi connectivity index (χ0) is 16.8. The monoisotopic (exact) mass is 327 g/mol. The van der Waals surface area contributed by atoms with E-state index in [1.165, 1.54) is 19.1 Å². The van der Waals surface area contributed by atoms with Gasteiger partial charge in [0.25, 0.3) is 5.91 Å². The summed E-state index contributed by atoms with van der Waals surface area (Å²) in [4.78, 5) is 26.0. The normalized spacial score (nSPS) is 14.8. The van der Waals surface area contributed by atoms with Crippen molar-refractivity contribution in [1.82, 2.24) is 4.90 Å². The number of rotatable bonds is 3. The average Bonchev–Trinajstić information content (AvgIpc) is 2.99. The second-order valence-corrected chi connectivity index (χ2v) is 5.84. The number of urea groups is 1. The molecule has 1 aliphatic heterocycles. The predicted octanol–water partition coefficient (Wildman–Crippen LogP) is 3.94. The van der Waals surface area contributed by atoms with Gasteiger partial charge in [0.1, 0.15) is 0 Å². The van der Waals surface area contributed by atoms with Crippen molar-refractivity contribution in [2.75, 3.05) is 23.7 Å². The number of carbonyl (C=O) groups excluding carboxylic acids is 2. The van der Waals surface area contributed by atoms with Gasteiger partial charge in [-0.25, -0.2) is 4.79 Å². The number of likely N-dealkylation sites (tertiary alicyclic amines) is 1. The van der Waals surface area contributed by atoms with Crippen LogP contribution in [0.25, 0.3) is 0 Å². The largest absolute Gasteiger partial charge is 0.459 e.